The van der Waals surface area contributed by atoms with Gasteiger partial charge in [0.05, 0.1) is 0 Å². The van der Waals surface area contributed by atoms with Gasteiger partial charge >= 0.3 is 0 Å². The third kappa shape index (κ3) is 0.937. The highest BCUT2D eigenvalue weighted by molar-refractivity contribution is 5.82. The Morgan fingerprint density at radius 3 is 3.09 bits per heavy atom. The van der Waals surface area contributed by atoms with E-state index in [0.717, 1.165) is 25.9 Å². The van der Waals surface area contributed by atoms with E-state index in [1.165, 1.54) is 0 Å². The van der Waals surface area contributed by atoms with Crippen LogP contribution in [-0.4, -0.2) is 19.0 Å². The summed E-state index contributed by atoms with van der Waals surface area (Å²) in [7, 11) is 0. The summed E-state index contributed by atoms with van der Waals surface area (Å²) < 4.78 is 0. The zero-order valence-corrected chi connectivity index (χ0v) is 6.39. The number of hydrogen-bond acceptors (Lipinski definition) is 3. The molecule has 1 heterocycles. The Hall–Kier alpha value is -0.610. The minimum atomic E-state index is 0.00806. The van der Waals surface area contributed by atoms with Crippen LogP contribution in [0.2, 0.25) is 0 Å². The summed E-state index contributed by atoms with van der Waals surface area (Å²) in [5, 5.41) is 3.26. The van der Waals surface area contributed by atoms with Crippen molar-refractivity contribution in [1.29, 1.82) is 0 Å². The molecule has 4 heteroatoms. The highest BCUT2D eigenvalue weighted by atomic mass is 16.2. The zero-order chi connectivity index (χ0) is 7.90. The summed E-state index contributed by atoms with van der Waals surface area (Å²) in [4.78, 5) is 11.1. The van der Waals surface area contributed by atoms with Gasteiger partial charge in [-0.1, -0.05) is 0 Å². The van der Waals surface area contributed by atoms with Gasteiger partial charge < -0.3 is 5.32 Å². The molecule has 4 N–H and O–H groups in total. The Morgan fingerprint density at radius 1 is 1.73 bits per heavy atom. The van der Waals surface area contributed by atoms with Crippen molar-refractivity contribution in [3.05, 3.63) is 0 Å². The first-order valence-electron chi connectivity index (χ1n) is 4.00. The Kier molecular flexibility index (Phi) is 1.40. The molecular formula is C7H13N3O. The smallest absolute Gasteiger partial charge is 0.237 e. The molecule has 1 spiro atoms. The van der Waals surface area contributed by atoms with Gasteiger partial charge in [0.2, 0.25) is 5.91 Å². The second-order valence-electron chi connectivity index (χ2n) is 3.55. The monoisotopic (exact) mass is 155 g/mol. The van der Waals surface area contributed by atoms with Crippen molar-refractivity contribution in [3.8, 4) is 0 Å². The number of amides is 1. The first kappa shape index (κ1) is 7.06. The van der Waals surface area contributed by atoms with E-state index in [1.54, 1.807) is 0 Å². The second kappa shape index (κ2) is 2.19. The van der Waals surface area contributed by atoms with Crippen molar-refractivity contribution in [1.82, 2.24) is 10.7 Å². The largest absolute Gasteiger partial charge is 0.316 e. The highest BCUT2D eigenvalue weighted by Crippen LogP contribution is 2.56. The Balaban J connectivity index is 1.97. The molecule has 1 saturated heterocycles. The van der Waals surface area contributed by atoms with Gasteiger partial charge in [-0.25, -0.2) is 5.84 Å². The molecule has 2 atom stereocenters. The summed E-state index contributed by atoms with van der Waals surface area (Å²) >= 11 is 0. The van der Waals surface area contributed by atoms with Crippen LogP contribution in [0.25, 0.3) is 0 Å². The predicted molar refractivity (Wildman–Crippen MR) is 40.4 cm³/mol. The third-order valence-electron chi connectivity index (χ3n) is 2.93. The fourth-order valence-corrected chi connectivity index (χ4v) is 2.05. The number of carbonyl (C=O) groups excluding carboxylic acids is 1. The van der Waals surface area contributed by atoms with E-state index >= 15 is 0 Å². The Labute approximate surface area is 65.5 Å². The maximum Gasteiger partial charge on any atom is 0.237 e. The average Bonchev–Trinajstić information content (AvgIpc) is 2.48. The van der Waals surface area contributed by atoms with Gasteiger partial charge in [-0.2, -0.15) is 0 Å². The number of carbonyl (C=O) groups is 1. The molecule has 1 aliphatic heterocycles. The van der Waals surface area contributed by atoms with E-state index in [1.807, 2.05) is 0 Å². The Morgan fingerprint density at radius 2 is 2.55 bits per heavy atom. The van der Waals surface area contributed by atoms with Gasteiger partial charge in [-0.3, -0.25) is 10.2 Å². The summed E-state index contributed by atoms with van der Waals surface area (Å²) in [6.07, 6.45) is 2.15. The van der Waals surface area contributed by atoms with Crippen molar-refractivity contribution >= 4 is 5.91 Å². The van der Waals surface area contributed by atoms with Crippen molar-refractivity contribution in [2.75, 3.05) is 13.1 Å². The van der Waals surface area contributed by atoms with Crippen LogP contribution in [0.4, 0.5) is 0 Å². The maximum absolute atomic E-state index is 11.1. The van der Waals surface area contributed by atoms with Crippen LogP contribution >= 0.6 is 0 Å². The maximum atomic E-state index is 11.1. The van der Waals surface area contributed by atoms with Crippen LogP contribution in [0.1, 0.15) is 12.8 Å². The van der Waals surface area contributed by atoms with Crippen molar-refractivity contribution in [2.45, 2.75) is 12.8 Å². The lowest BCUT2D eigenvalue weighted by Gasteiger charge is -2.04. The molecule has 2 rings (SSSR count). The van der Waals surface area contributed by atoms with E-state index in [-0.39, 0.29) is 17.2 Å². The molecule has 11 heavy (non-hydrogen) atoms. The van der Waals surface area contributed by atoms with E-state index in [4.69, 9.17) is 5.84 Å². The van der Waals surface area contributed by atoms with Crippen molar-refractivity contribution in [2.24, 2.45) is 17.2 Å². The lowest BCUT2D eigenvalue weighted by Crippen LogP contribution is -2.33. The third-order valence-corrected chi connectivity index (χ3v) is 2.93. The quantitative estimate of drug-likeness (QED) is 0.258. The lowest BCUT2D eigenvalue weighted by molar-refractivity contribution is -0.123. The number of hydrogen-bond donors (Lipinski definition) is 3. The molecule has 62 valence electrons. The number of hydrazine groups is 1. The zero-order valence-electron chi connectivity index (χ0n) is 6.39. The second-order valence-corrected chi connectivity index (χ2v) is 3.55. The SMILES string of the molecule is NNC(=O)C1CC12CCNC2. The van der Waals surface area contributed by atoms with Crippen LogP contribution in [0, 0.1) is 11.3 Å². The average molecular weight is 155 g/mol. The highest BCUT2D eigenvalue weighted by Gasteiger charge is 2.58. The summed E-state index contributed by atoms with van der Waals surface area (Å²) in [5.41, 5.74) is 2.49. The first-order chi connectivity index (χ1) is 5.28. The Bertz CT molecular complexity index is 186. The molecule has 2 unspecified atom stereocenters. The molecule has 0 bridgehead atoms. The molecule has 2 fully saturated rings. The van der Waals surface area contributed by atoms with E-state index < -0.39 is 0 Å². The fourth-order valence-electron chi connectivity index (χ4n) is 2.05. The molecule has 0 aromatic heterocycles. The number of nitrogens with two attached hydrogens (primary N) is 1. The van der Waals surface area contributed by atoms with Gasteiger partial charge in [-0.15, -0.1) is 0 Å². The molecule has 1 saturated carbocycles. The molecule has 0 radical (unpaired) electrons. The van der Waals surface area contributed by atoms with E-state index in [2.05, 4.69) is 10.7 Å². The molecule has 1 amide bonds. The van der Waals surface area contributed by atoms with Crippen LogP contribution < -0.4 is 16.6 Å². The van der Waals surface area contributed by atoms with Crippen LogP contribution in [-0.2, 0) is 4.79 Å². The van der Waals surface area contributed by atoms with Crippen molar-refractivity contribution < 1.29 is 4.79 Å². The molecule has 0 aromatic carbocycles. The molecule has 1 aliphatic carbocycles. The molecule has 2 aliphatic rings. The summed E-state index contributed by atoms with van der Waals surface area (Å²) in [5.74, 6) is 5.23. The van der Waals surface area contributed by atoms with Gasteiger partial charge in [0.25, 0.3) is 0 Å². The van der Waals surface area contributed by atoms with Gasteiger partial charge in [-0.05, 0) is 24.8 Å². The minimum absolute atomic E-state index is 0.00806. The fraction of sp³-hybridized carbons (Fsp3) is 0.857. The molecule has 4 nitrogen and oxygen atoms in total. The summed E-state index contributed by atoms with van der Waals surface area (Å²) in [6.45, 7) is 2.04. The number of nitrogens with one attached hydrogen (secondary N) is 2. The predicted octanol–water partition coefficient (Wildman–Crippen LogP) is -1.02. The molecule has 0 aromatic rings. The normalized spacial score (nSPS) is 41.0. The standard InChI is InChI=1S/C7H13N3O/c8-10-6(11)5-3-7(5)1-2-9-4-7/h5,9H,1-4,8H2,(H,10,11). The number of rotatable bonds is 1. The van der Waals surface area contributed by atoms with Crippen LogP contribution in [0.5, 0.6) is 0 Å². The van der Waals surface area contributed by atoms with Gasteiger partial charge in [0.15, 0.2) is 0 Å². The van der Waals surface area contributed by atoms with Gasteiger partial charge in [0, 0.05) is 12.5 Å². The van der Waals surface area contributed by atoms with E-state index in [0.29, 0.717) is 0 Å². The topological polar surface area (TPSA) is 67.1 Å². The summed E-state index contributed by atoms with van der Waals surface area (Å²) in [6, 6.07) is 0. The van der Waals surface area contributed by atoms with Crippen molar-refractivity contribution in [3.63, 3.8) is 0 Å². The lowest BCUT2D eigenvalue weighted by atomic mass is 10.0. The first-order valence-corrected chi connectivity index (χ1v) is 4.00. The van der Waals surface area contributed by atoms with Gasteiger partial charge in [0.1, 0.15) is 0 Å². The van der Waals surface area contributed by atoms with Crippen LogP contribution in [0.15, 0.2) is 0 Å². The van der Waals surface area contributed by atoms with Crippen LogP contribution in [0.3, 0.4) is 0 Å². The van der Waals surface area contributed by atoms with E-state index in [9.17, 15) is 4.79 Å². The minimum Gasteiger partial charge on any atom is -0.316 e. The molecular weight excluding hydrogens is 142 g/mol.